The van der Waals surface area contributed by atoms with Gasteiger partial charge in [0, 0.05) is 11.4 Å². The average Bonchev–Trinajstić information content (AvgIpc) is 3.31. The number of hydrogen-bond donors (Lipinski definition) is 1. The largest absolute Gasteiger partial charge is 0.359 e. The van der Waals surface area contributed by atoms with Gasteiger partial charge >= 0.3 is 0 Å². The van der Waals surface area contributed by atoms with Crippen LogP contribution in [0.2, 0.25) is 0 Å². The molecule has 1 aliphatic rings. The molecule has 0 fully saturated rings. The number of aryl methyl sites for hydroxylation is 4. The van der Waals surface area contributed by atoms with Crippen LogP contribution in [0.25, 0.3) is 11.1 Å². The van der Waals surface area contributed by atoms with E-state index in [-0.39, 0.29) is 5.82 Å². The number of hydrogen-bond acceptors (Lipinski definition) is 1. The zero-order valence-electron chi connectivity index (χ0n) is 21.4. The molecule has 0 spiro atoms. The van der Waals surface area contributed by atoms with Gasteiger partial charge in [-0.1, -0.05) is 62.4 Å². The molecule has 0 heterocycles. The normalized spacial score (nSPS) is 12.9. The highest BCUT2D eigenvalue weighted by molar-refractivity contribution is 5.94. The molecule has 0 saturated heterocycles. The van der Waals surface area contributed by atoms with Crippen LogP contribution in [-0.2, 0) is 6.42 Å². The van der Waals surface area contributed by atoms with Gasteiger partial charge in [0.15, 0.2) is 0 Å². The molecular weight excluding hydrogens is 417 g/mol. The number of nitrogens with one attached hydrogen (secondary N) is 1. The average molecular weight is 456 g/mol. The van der Waals surface area contributed by atoms with Crippen molar-refractivity contribution in [1.29, 1.82) is 0 Å². The van der Waals surface area contributed by atoms with Crippen molar-refractivity contribution in [3.63, 3.8) is 0 Å². The lowest BCUT2D eigenvalue weighted by atomic mass is 9.93. The number of rotatable bonds is 6. The van der Waals surface area contributed by atoms with Crippen LogP contribution in [0.1, 0.15) is 72.9 Å². The van der Waals surface area contributed by atoms with E-state index in [0.29, 0.717) is 0 Å². The van der Waals surface area contributed by atoms with E-state index in [1.807, 2.05) is 6.07 Å². The Hall–Kier alpha value is -3.13. The van der Waals surface area contributed by atoms with Crippen molar-refractivity contribution in [3.05, 3.63) is 112 Å². The summed E-state index contributed by atoms with van der Waals surface area (Å²) in [6, 6.07) is 20.3. The van der Waals surface area contributed by atoms with Gasteiger partial charge < -0.3 is 5.32 Å². The van der Waals surface area contributed by atoms with E-state index >= 15 is 0 Å². The van der Waals surface area contributed by atoms with Crippen LogP contribution in [0.4, 0.5) is 10.1 Å². The van der Waals surface area contributed by atoms with Crippen LogP contribution >= 0.6 is 0 Å². The molecule has 3 aromatic carbocycles. The maximum absolute atomic E-state index is 13.8. The molecule has 178 valence electrons. The molecule has 2 heteroatoms. The van der Waals surface area contributed by atoms with Crippen molar-refractivity contribution in [2.75, 3.05) is 5.32 Å². The van der Waals surface area contributed by atoms with Crippen molar-refractivity contribution in [2.45, 2.75) is 66.7 Å². The first kappa shape index (κ1) is 25.5. The molecule has 0 saturated carbocycles. The van der Waals surface area contributed by atoms with E-state index < -0.39 is 0 Å². The maximum atomic E-state index is 13.8. The van der Waals surface area contributed by atoms with E-state index in [4.69, 9.17) is 0 Å². The van der Waals surface area contributed by atoms with Crippen LogP contribution in [0, 0.1) is 26.6 Å². The third kappa shape index (κ3) is 6.70. The van der Waals surface area contributed by atoms with Gasteiger partial charge in [-0.05, 0) is 116 Å². The monoisotopic (exact) mass is 455 g/mol. The summed E-state index contributed by atoms with van der Waals surface area (Å²) in [7, 11) is 0. The maximum Gasteiger partial charge on any atom is 0.123 e. The van der Waals surface area contributed by atoms with E-state index in [1.54, 1.807) is 12.1 Å². The van der Waals surface area contributed by atoms with E-state index in [9.17, 15) is 4.39 Å². The van der Waals surface area contributed by atoms with Crippen molar-refractivity contribution in [2.24, 2.45) is 0 Å². The fourth-order valence-corrected chi connectivity index (χ4v) is 4.42. The first-order chi connectivity index (χ1) is 16.3. The molecular formula is C32H38FN. The quantitative estimate of drug-likeness (QED) is 0.390. The highest BCUT2D eigenvalue weighted by Gasteiger charge is 2.20. The molecule has 1 N–H and O–H groups in total. The summed E-state index contributed by atoms with van der Waals surface area (Å²) in [6.45, 7) is 14.6. The molecule has 34 heavy (non-hydrogen) atoms. The Kier molecular flexibility index (Phi) is 8.87. The highest BCUT2D eigenvalue weighted by Crippen LogP contribution is 2.41. The van der Waals surface area contributed by atoms with Gasteiger partial charge in [0.25, 0.3) is 0 Å². The minimum atomic E-state index is -0.162. The van der Waals surface area contributed by atoms with Gasteiger partial charge in [0.2, 0.25) is 0 Å². The third-order valence-corrected chi connectivity index (χ3v) is 6.45. The lowest BCUT2D eigenvalue weighted by Gasteiger charge is -2.15. The molecule has 0 radical (unpaired) electrons. The summed E-state index contributed by atoms with van der Waals surface area (Å²) in [5, 5.41) is 3.39. The Labute approximate surface area is 205 Å². The molecule has 0 amide bonds. The molecule has 0 aliphatic heterocycles. The molecule has 0 bridgehead atoms. The fourth-order valence-electron chi connectivity index (χ4n) is 4.42. The van der Waals surface area contributed by atoms with Crippen LogP contribution in [0.3, 0.4) is 0 Å². The van der Waals surface area contributed by atoms with Gasteiger partial charge in [0.05, 0.1) is 0 Å². The second-order valence-electron chi connectivity index (χ2n) is 9.28. The molecule has 0 unspecified atom stereocenters. The SMILES string of the molecule is C=C(CC)Nc1cc(C)cc(C2=C(c3cc(F)ccc3C)CCC2)c1.CCc1ccc(C)cc1. The zero-order valence-corrected chi connectivity index (χ0v) is 21.4. The predicted molar refractivity (Wildman–Crippen MR) is 147 cm³/mol. The predicted octanol–water partition coefficient (Wildman–Crippen LogP) is 9.43. The van der Waals surface area contributed by atoms with Crippen LogP contribution in [0.5, 0.6) is 0 Å². The lowest BCUT2D eigenvalue weighted by molar-refractivity contribution is 0.627. The summed E-state index contributed by atoms with van der Waals surface area (Å²) in [5.74, 6) is -0.162. The van der Waals surface area contributed by atoms with E-state index in [0.717, 1.165) is 54.6 Å². The van der Waals surface area contributed by atoms with Crippen molar-refractivity contribution in [3.8, 4) is 0 Å². The molecule has 1 nitrogen and oxygen atoms in total. The molecule has 0 atom stereocenters. The highest BCUT2D eigenvalue weighted by atomic mass is 19.1. The Balaban J connectivity index is 0.000000302. The van der Waals surface area contributed by atoms with Crippen LogP contribution in [-0.4, -0.2) is 0 Å². The van der Waals surface area contributed by atoms with Gasteiger partial charge in [-0.15, -0.1) is 0 Å². The molecule has 1 aliphatic carbocycles. The van der Waals surface area contributed by atoms with Gasteiger partial charge in [-0.2, -0.15) is 0 Å². The standard InChI is InChI=1S/C23H26FN.C9H12/c1-5-17(4)25-20-12-15(2)11-18(13-20)21-7-6-8-22(21)23-14-19(24)10-9-16(23)3;1-3-9-6-4-8(2)5-7-9/h9-14,25H,4-8H2,1-3H3;4-7H,3H2,1-2H3. The summed E-state index contributed by atoms with van der Waals surface area (Å²) in [4.78, 5) is 0. The molecule has 4 rings (SSSR count). The summed E-state index contributed by atoms with van der Waals surface area (Å²) < 4.78 is 13.8. The molecule has 0 aromatic heterocycles. The summed E-state index contributed by atoms with van der Waals surface area (Å²) >= 11 is 0. The van der Waals surface area contributed by atoms with Crippen molar-refractivity contribution >= 4 is 16.8 Å². The lowest BCUT2D eigenvalue weighted by Crippen LogP contribution is -1.98. The summed E-state index contributed by atoms with van der Waals surface area (Å²) in [5.41, 5.74) is 12.1. The summed E-state index contributed by atoms with van der Waals surface area (Å²) in [6.07, 6.45) is 5.22. The second-order valence-corrected chi connectivity index (χ2v) is 9.28. The van der Waals surface area contributed by atoms with E-state index in [1.165, 1.54) is 33.4 Å². The number of benzene rings is 3. The topological polar surface area (TPSA) is 12.0 Å². The number of halogens is 1. The third-order valence-electron chi connectivity index (χ3n) is 6.45. The zero-order chi connectivity index (χ0) is 24.7. The Morgan fingerprint density at radius 3 is 2.24 bits per heavy atom. The van der Waals surface area contributed by atoms with E-state index in [2.05, 4.69) is 89.0 Å². The Bertz CT molecular complexity index is 1170. The minimum Gasteiger partial charge on any atom is -0.359 e. The first-order valence-corrected chi connectivity index (χ1v) is 12.4. The van der Waals surface area contributed by atoms with Gasteiger partial charge in [-0.3, -0.25) is 0 Å². The number of allylic oxidation sites excluding steroid dienone is 3. The Morgan fingerprint density at radius 2 is 1.56 bits per heavy atom. The van der Waals surface area contributed by atoms with Crippen LogP contribution < -0.4 is 5.32 Å². The van der Waals surface area contributed by atoms with Gasteiger partial charge in [-0.25, -0.2) is 4.39 Å². The first-order valence-electron chi connectivity index (χ1n) is 12.4. The molecule has 3 aromatic rings. The van der Waals surface area contributed by atoms with Crippen molar-refractivity contribution in [1.82, 2.24) is 0 Å². The minimum absolute atomic E-state index is 0.162. The number of anilines is 1. The van der Waals surface area contributed by atoms with Crippen LogP contribution in [0.15, 0.2) is 72.9 Å². The second kappa shape index (κ2) is 11.8. The van der Waals surface area contributed by atoms with Crippen molar-refractivity contribution < 1.29 is 4.39 Å². The Morgan fingerprint density at radius 1 is 0.853 bits per heavy atom. The fraction of sp³-hybridized carbons (Fsp3) is 0.312. The van der Waals surface area contributed by atoms with Gasteiger partial charge in [0.1, 0.15) is 5.82 Å². The smallest absolute Gasteiger partial charge is 0.123 e.